The van der Waals surface area contributed by atoms with E-state index in [4.69, 9.17) is 0 Å². The lowest BCUT2D eigenvalue weighted by atomic mass is 9.96. The van der Waals surface area contributed by atoms with E-state index in [0.29, 0.717) is 27.9 Å². The molecular weight excluding hydrogens is 457 g/mol. The summed E-state index contributed by atoms with van der Waals surface area (Å²) >= 11 is 0. The molecule has 4 heterocycles. The van der Waals surface area contributed by atoms with E-state index in [1.807, 2.05) is 31.2 Å². The maximum absolute atomic E-state index is 14.0. The third-order valence-corrected chi connectivity index (χ3v) is 5.83. The van der Waals surface area contributed by atoms with Gasteiger partial charge in [-0.3, -0.25) is 9.78 Å². The largest absolute Gasteiger partial charge is 0.433 e. The zero-order chi connectivity index (χ0) is 24.7. The van der Waals surface area contributed by atoms with Crippen LogP contribution in [-0.4, -0.2) is 29.4 Å². The van der Waals surface area contributed by atoms with Crippen molar-refractivity contribution in [2.75, 3.05) is 0 Å². The second-order valence-corrected chi connectivity index (χ2v) is 8.15. The van der Waals surface area contributed by atoms with Gasteiger partial charge in [0.15, 0.2) is 5.65 Å². The topological polar surface area (TPSA) is 78.0 Å². The number of hydrogen-bond donors (Lipinski definition) is 0. The fourth-order valence-electron chi connectivity index (χ4n) is 4.02. The van der Waals surface area contributed by atoms with Gasteiger partial charge < -0.3 is 0 Å². The molecular formula is C25H19F3N6O. The molecule has 0 aliphatic carbocycles. The second-order valence-electron chi connectivity index (χ2n) is 8.15. The number of halogens is 3. The molecule has 0 aliphatic heterocycles. The summed E-state index contributed by atoms with van der Waals surface area (Å²) in [7, 11) is 0. The fourth-order valence-corrected chi connectivity index (χ4v) is 4.02. The monoisotopic (exact) mass is 476 g/mol. The molecule has 0 radical (unpaired) electrons. The Bertz CT molecular complexity index is 1590. The van der Waals surface area contributed by atoms with Gasteiger partial charge in [-0.2, -0.15) is 13.2 Å². The van der Waals surface area contributed by atoms with Crippen LogP contribution in [0.3, 0.4) is 0 Å². The highest BCUT2D eigenvalue weighted by Gasteiger charge is 2.32. The molecule has 4 aromatic heterocycles. The predicted octanol–water partition coefficient (Wildman–Crippen LogP) is 4.70. The van der Waals surface area contributed by atoms with Gasteiger partial charge in [0.25, 0.3) is 5.56 Å². The first-order valence-corrected chi connectivity index (χ1v) is 10.7. The van der Waals surface area contributed by atoms with Crippen LogP contribution in [-0.2, 0) is 12.7 Å². The van der Waals surface area contributed by atoms with Crippen LogP contribution in [0.4, 0.5) is 13.2 Å². The second kappa shape index (κ2) is 8.46. The van der Waals surface area contributed by atoms with Gasteiger partial charge in [-0.1, -0.05) is 35.9 Å². The Morgan fingerprint density at radius 2 is 1.57 bits per heavy atom. The summed E-state index contributed by atoms with van der Waals surface area (Å²) in [5, 5.41) is 8.32. The van der Waals surface area contributed by atoms with Gasteiger partial charge >= 0.3 is 6.18 Å². The van der Waals surface area contributed by atoms with Crippen LogP contribution in [0.25, 0.3) is 27.9 Å². The molecule has 0 N–H and O–H groups in total. The number of pyridine rings is 2. The predicted molar refractivity (Wildman–Crippen MR) is 124 cm³/mol. The Kier molecular flexibility index (Phi) is 5.43. The molecule has 10 heteroatoms. The first-order valence-electron chi connectivity index (χ1n) is 10.7. The Labute approximate surface area is 197 Å². The molecule has 5 rings (SSSR count). The summed E-state index contributed by atoms with van der Waals surface area (Å²) < 4.78 is 42.2. The number of nitrogens with zero attached hydrogens (tertiary/aromatic N) is 6. The van der Waals surface area contributed by atoms with Gasteiger partial charge in [0, 0.05) is 23.7 Å². The lowest BCUT2D eigenvalue weighted by Gasteiger charge is -2.17. The summed E-state index contributed by atoms with van der Waals surface area (Å²) in [6.07, 6.45) is 0.0510. The van der Waals surface area contributed by atoms with Crippen LogP contribution in [0, 0.1) is 13.8 Å². The molecule has 0 fully saturated rings. The van der Waals surface area contributed by atoms with E-state index in [0.717, 1.165) is 17.2 Å². The van der Waals surface area contributed by atoms with Gasteiger partial charge in [0.1, 0.15) is 12.0 Å². The first kappa shape index (κ1) is 22.5. The minimum atomic E-state index is -4.55. The molecule has 0 saturated carbocycles. The summed E-state index contributed by atoms with van der Waals surface area (Å²) in [4.78, 5) is 21.7. The number of hydrogen-bond acceptors (Lipinski definition) is 5. The third kappa shape index (κ3) is 4.07. The number of alkyl halides is 3. The Balaban J connectivity index is 1.76. The highest BCUT2D eigenvalue weighted by molar-refractivity contribution is 5.91. The molecule has 0 bridgehead atoms. The number of fused-ring (bicyclic) bond motifs is 1. The average molecular weight is 476 g/mol. The maximum Gasteiger partial charge on any atom is 0.433 e. The van der Waals surface area contributed by atoms with Crippen molar-refractivity contribution in [2.45, 2.75) is 26.6 Å². The van der Waals surface area contributed by atoms with Crippen LogP contribution in [0.1, 0.15) is 22.5 Å². The molecule has 35 heavy (non-hydrogen) atoms. The van der Waals surface area contributed by atoms with Crippen LogP contribution >= 0.6 is 0 Å². The number of aromatic nitrogens is 6. The summed E-state index contributed by atoms with van der Waals surface area (Å²) in [6.45, 7) is 3.44. The SMILES string of the molecule is Cc1ccc(-c2c(-c3ccncc3)c(=O)n(Cc3ccc(C(F)(F)F)nc3C)n3cnnc23)cc1. The molecule has 0 spiro atoms. The van der Waals surface area contributed by atoms with E-state index in [9.17, 15) is 18.0 Å². The van der Waals surface area contributed by atoms with Crippen LogP contribution in [0.15, 0.2) is 72.0 Å². The highest BCUT2D eigenvalue weighted by Crippen LogP contribution is 2.33. The summed E-state index contributed by atoms with van der Waals surface area (Å²) in [6, 6.07) is 13.4. The van der Waals surface area contributed by atoms with Crippen LogP contribution in [0.5, 0.6) is 0 Å². The molecule has 0 amide bonds. The standard InChI is InChI=1S/C25H19F3N6O/c1-15-3-5-17(6-4-15)21-22(18-9-11-29-12-10-18)24(35)33(34-14-30-32-23(21)34)13-19-7-8-20(25(26,27)28)31-16(19)2/h3-12,14H,13H2,1-2H3. The maximum atomic E-state index is 14.0. The van der Waals surface area contributed by atoms with Gasteiger partial charge in [-0.25, -0.2) is 14.2 Å². The van der Waals surface area contributed by atoms with E-state index in [1.165, 1.54) is 28.5 Å². The molecule has 5 aromatic rings. The van der Waals surface area contributed by atoms with Crippen LogP contribution < -0.4 is 5.56 Å². The highest BCUT2D eigenvalue weighted by atomic mass is 19.4. The van der Waals surface area contributed by atoms with Gasteiger partial charge in [0.2, 0.25) is 0 Å². The summed E-state index contributed by atoms with van der Waals surface area (Å²) in [5.74, 6) is 0. The van der Waals surface area contributed by atoms with Crippen molar-refractivity contribution < 1.29 is 13.2 Å². The van der Waals surface area contributed by atoms with E-state index < -0.39 is 11.9 Å². The van der Waals surface area contributed by atoms with Gasteiger partial charge in [-0.05, 0) is 48.7 Å². The molecule has 0 saturated heterocycles. The van der Waals surface area contributed by atoms with Crippen molar-refractivity contribution >= 4 is 5.65 Å². The molecule has 7 nitrogen and oxygen atoms in total. The van der Waals surface area contributed by atoms with Crippen molar-refractivity contribution in [1.82, 2.24) is 29.4 Å². The molecule has 0 unspecified atom stereocenters. The average Bonchev–Trinajstić information content (AvgIpc) is 3.31. The molecule has 1 aromatic carbocycles. The Morgan fingerprint density at radius 3 is 2.23 bits per heavy atom. The number of aryl methyl sites for hydroxylation is 2. The van der Waals surface area contributed by atoms with Gasteiger partial charge in [0.05, 0.1) is 12.1 Å². The lowest BCUT2D eigenvalue weighted by molar-refractivity contribution is -0.141. The third-order valence-electron chi connectivity index (χ3n) is 5.83. The van der Waals surface area contributed by atoms with Crippen molar-refractivity contribution in [1.29, 1.82) is 0 Å². The Hall–Kier alpha value is -4.34. The molecule has 0 atom stereocenters. The zero-order valence-corrected chi connectivity index (χ0v) is 18.8. The van der Waals surface area contributed by atoms with E-state index in [-0.39, 0.29) is 17.8 Å². The number of rotatable bonds is 4. The Morgan fingerprint density at radius 1 is 0.886 bits per heavy atom. The van der Waals surface area contributed by atoms with E-state index in [2.05, 4.69) is 20.2 Å². The first-order chi connectivity index (χ1) is 16.7. The fraction of sp³-hybridized carbons (Fsp3) is 0.160. The van der Waals surface area contributed by atoms with Crippen molar-refractivity contribution in [3.8, 4) is 22.3 Å². The smallest absolute Gasteiger partial charge is 0.267 e. The van der Waals surface area contributed by atoms with Crippen molar-refractivity contribution in [2.24, 2.45) is 0 Å². The van der Waals surface area contributed by atoms with Crippen LogP contribution in [0.2, 0.25) is 0 Å². The number of benzene rings is 1. The minimum Gasteiger partial charge on any atom is -0.267 e. The van der Waals surface area contributed by atoms with E-state index in [1.54, 1.807) is 24.5 Å². The van der Waals surface area contributed by atoms with Crippen molar-refractivity contribution in [3.63, 3.8) is 0 Å². The molecule has 176 valence electrons. The van der Waals surface area contributed by atoms with Crippen molar-refractivity contribution in [3.05, 3.63) is 100 Å². The minimum absolute atomic E-state index is 0.0173. The molecule has 0 aliphatic rings. The van der Waals surface area contributed by atoms with Gasteiger partial charge in [-0.15, -0.1) is 10.2 Å². The normalized spacial score (nSPS) is 11.8. The summed E-state index contributed by atoms with van der Waals surface area (Å²) in [5.41, 5.74) is 3.27. The quantitative estimate of drug-likeness (QED) is 0.376. The zero-order valence-electron chi connectivity index (χ0n) is 18.8. The van der Waals surface area contributed by atoms with E-state index >= 15 is 0 Å². The lowest BCUT2D eigenvalue weighted by Crippen LogP contribution is -2.29.